The minimum absolute atomic E-state index is 0.0225. The lowest BCUT2D eigenvalue weighted by Crippen LogP contribution is -2.44. The first-order valence-electron chi connectivity index (χ1n) is 7.25. The van der Waals surface area contributed by atoms with E-state index in [0.29, 0.717) is 9.88 Å². The lowest BCUT2D eigenvalue weighted by Gasteiger charge is -2.27. The number of rotatable bonds is 6. The number of aliphatic hydroxyl groups is 1. The molecule has 7 heteroatoms. The van der Waals surface area contributed by atoms with Crippen molar-refractivity contribution in [3.05, 3.63) is 41.2 Å². The number of hydrogen-bond donors (Lipinski definition) is 3. The van der Waals surface area contributed by atoms with E-state index in [1.807, 2.05) is 13.8 Å². The van der Waals surface area contributed by atoms with Gasteiger partial charge in [-0.1, -0.05) is 13.8 Å². The standard InChI is InChI=1S/C16H20N2O4S/c1-10(2)16(3,21)9-17-15(20)12-6-7-13(23-12)18-14(19)11-5-4-8-22-11/h4-8,10,21H,9H2,1-3H3,(H,17,20)(H,18,19). The van der Waals surface area contributed by atoms with Crippen molar-refractivity contribution in [1.82, 2.24) is 5.32 Å². The maximum absolute atomic E-state index is 12.1. The van der Waals surface area contributed by atoms with Crippen LogP contribution in [0.3, 0.4) is 0 Å². The molecule has 6 nitrogen and oxygen atoms in total. The predicted octanol–water partition coefficient (Wildman–Crippen LogP) is 2.73. The van der Waals surface area contributed by atoms with Crippen LogP contribution in [0, 0.1) is 5.92 Å². The number of furan rings is 1. The molecule has 0 saturated heterocycles. The first-order chi connectivity index (χ1) is 10.8. The number of thiophene rings is 1. The Morgan fingerprint density at radius 2 is 2.04 bits per heavy atom. The summed E-state index contributed by atoms with van der Waals surface area (Å²) < 4.78 is 5.01. The van der Waals surface area contributed by atoms with E-state index in [4.69, 9.17) is 4.42 Å². The topological polar surface area (TPSA) is 91.6 Å². The molecule has 2 amide bonds. The molecule has 0 aliphatic carbocycles. The summed E-state index contributed by atoms with van der Waals surface area (Å²) in [5, 5.41) is 16.1. The van der Waals surface area contributed by atoms with E-state index in [9.17, 15) is 14.7 Å². The van der Waals surface area contributed by atoms with E-state index < -0.39 is 5.60 Å². The summed E-state index contributed by atoms with van der Waals surface area (Å²) >= 11 is 1.16. The Bertz CT molecular complexity index is 674. The second-order valence-corrected chi connectivity index (χ2v) is 6.87. The average molecular weight is 336 g/mol. The lowest BCUT2D eigenvalue weighted by molar-refractivity contribution is 0.0143. The number of hydrogen-bond acceptors (Lipinski definition) is 5. The van der Waals surface area contributed by atoms with Gasteiger partial charge in [-0.3, -0.25) is 9.59 Å². The van der Waals surface area contributed by atoms with E-state index in [-0.39, 0.29) is 30.0 Å². The molecule has 2 heterocycles. The highest BCUT2D eigenvalue weighted by atomic mass is 32.1. The predicted molar refractivity (Wildman–Crippen MR) is 88.8 cm³/mol. The van der Waals surface area contributed by atoms with Crippen LogP contribution in [0.25, 0.3) is 0 Å². The van der Waals surface area contributed by atoms with Gasteiger partial charge in [0.1, 0.15) is 0 Å². The summed E-state index contributed by atoms with van der Waals surface area (Å²) in [5.74, 6) is -0.423. The Morgan fingerprint density at radius 3 is 2.65 bits per heavy atom. The second kappa shape index (κ2) is 6.97. The Labute approximate surface area is 138 Å². The van der Waals surface area contributed by atoms with Crippen LogP contribution in [0.5, 0.6) is 0 Å². The van der Waals surface area contributed by atoms with Crippen LogP contribution >= 0.6 is 11.3 Å². The molecule has 0 radical (unpaired) electrons. The van der Waals surface area contributed by atoms with Gasteiger partial charge in [-0.05, 0) is 37.1 Å². The molecule has 0 saturated carbocycles. The Hall–Kier alpha value is -2.12. The number of anilines is 1. The zero-order chi connectivity index (χ0) is 17.0. The van der Waals surface area contributed by atoms with E-state index >= 15 is 0 Å². The molecule has 0 aliphatic rings. The summed E-state index contributed by atoms with van der Waals surface area (Å²) in [6, 6.07) is 6.47. The van der Waals surface area contributed by atoms with E-state index in [0.717, 1.165) is 11.3 Å². The molecule has 1 atom stereocenters. The third kappa shape index (κ3) is 4.43. The highest BCUT2D eigenvalue weighted by Crippen LogP contribution is 2.23. The van der Waals surface area contributed by atoms with Crippen molar-refractivity contribution in [2.24, 2.45) is 5.92 Å². The number of carbonyl (C=O) groups is 2. The van der Waals surface area contributed by atoms with Crippen LogP contribution in [-0.2, 0) is 0 Å². The Kier molecular flexibility index (Phi) is 5.23. The van der Waals surface area contributed by atoms with Crippen molar-refractivity contribution in [1.29, 1.82) is 0 Å². The van der Waals surface area contributed by atoms with Gasteiger partial charge in [0.15, 0.2) is 5.76 Å². The van der Waals surface area contributed by atoms with Gasteiger partial charge in [0.2, 0.25) is 0 Å². The van der Waals surface area contributed by atoms with Crippen molar-refractivity contribution >= 4 is 28.2 Å². The van der Waals surface area contributed by atoms with Gasteiger partial charge < -0.3 is 20.2 Å². The van der Waals surface area contributed by atoms with Crippen LogP contribution in [-0.4, -0.2) is 29.1 Å². The molecule has 3 N–H and O–H groups in total. The molecule has 2 aromatic heterocycles. The molecule has 0 bridgehead atoms. The molecule has 0 aliphatic heterocycles. The second-order valence-electron chi connectivity index (χ2n) is 5.79. The monoisotopic (exact) mass is 336 g/mol. The fraction of sp³-hybridized carbons (Fsp3) is 0.375. The zero-order valence-electron chi connectivity index (χ0n) is 13.3. The number of carbonyl (C=O) groups excluding carboxylic acids is 2. The van der Waals surface area contributed by atoms with Crippen LogP contribution < -0.4 is 10.6 Å². The molecule has 2 aromatic rings. The smallest absolute Gasteiger partial charge is 0.291 e. The van der Waals surface area contributed by atoms with Gasteiger partial charge >= 0.3 is 0 Å². The third-order valence-electron chi connectivity index (χ3n) is 3.66. The molecule has 1 unspecified atom stereocenters. The Morgan fingerprint density at radius 1 is 1.30 bits per heavy atom. The average Bonchev–Trinajstić information content (AvgIpc) is 3.15. The maximum Gasteiger partial charge on any atom is 0.291 e. The van der Waals surface area contributed by atoms with Crippen molar-refractivity contribution in [3.8, 4) is 0 Å². The minimum atomic E-state index is -0.969. The molecule has 0 spiro atoms. The highest BCUT2D eigenvalue weighted by Gasteiger charge is 2.25. The fourth-order valence-corrected chi connectivity index (χ4v) is 2.48. The Balaban J connectivity index is 1.93. The van der Waals surface area contributed by atoms with Gasteiger partial charge in [-0.25, -0.2) is 0 Å². The zero-order valence-corrected chi connectivity index (χ0v) is 14.1. The van der Waals surface area contributed by atoms with Crippen LogP contribution in [0.15, 0.2) is 34.9 Å². The molecule has 23 heavy (non-hydrogen) atoms. The van der Waals surface area contributed by atoms with Gasteiger partial charge in [-0.15, -0.1) is 11.3 Å². The van der Waals surface area contributed by atoms with Gasteiger partial charge in [-0.2, -0.15) is 0 Å². The van der Waals surface area contributed by atoms with E-state index in [2.05, 4.69) is 10.6 Å². The SMILES string of the molecule is CC(C)C(C)(O)CNC(=O)c1ccc(NC(=O)c2ccco2)s1. The minimum Gasteiger partial charge on any atom is -0.459 e. The quantitative estimate of drug-likeness (QED) is 0.756. The summed E-state index contributed by atoms with van der Waals surface area (Å²) in [4.78, 5) is 24.4. The van der Waals surface area contributed by atoms with Crippen LogP contribution in [0.2, 0.25) is 0 Å². The van der Waals surface area contributed by atoms with Crippen molar-refractivity contribution < 1.29 is 19.1 Å². The maximum atomic E-state index is 12.1. The molecular weight excluding hydrogens is 316 g/mol. The summed E-state index contributed by atoms with van der Waals surface area (Å²) in [6.45, 7) is 5.62. The summed E-state index contributed by atoms with van der Waals surface area (Å²) in [6.07, 6.45) is 1.42. The highest BCUT2D eigenvalue weighted by molar-refractivity contribution is 7.18. The van der Waals surface area contributed by atoms with Gasteiger partial charge in [0.05, 0.1) is 21.7 Å². The summed E-state index contributed by atoms with van der Waals surface area (Å²) in [7, 11) is 0. The van der Waals surface area contributed by atoms with E-state index in [1.165, 1.54) is 6.26 Å². The van der Waals surface area contributed by atoms with Gasteiger partial charge in [0, 0.05) is 6.54 Å². The molecule has 124 valence electrons. The normalized spacial score (nSPS) is 13.6. The summed E-state index contributed by atoms with van der Waals surface area (Å²) in [5.41, 5.74) is -0.969. The van der Waals surface area contributed by atoms with Crippen LogP contribution in [0.1, 0.15) is 41.0 Å². The van der Waals surface area contributed by atoms with Crippen molar-refractivity contribution in [2.45, 2.75) is 26.4 Å². The first kappa shape index (κ1) is 17.2. The third-order valence-corrected chi connectivity index (χ3v) is 4.66. The van der Waals surface area contributed by atoms with Gasteiger partial charge in [0.25, 0.3) is 11.8 Å². The molecule has 0 fully saturated rings. The van der Waals surface area contributed by atoms with E-state index in [1.54, 1.807) is 31.2 Å². The number of nitrogens with one attached hydrogen (secondary N) is 2. The van der Waals surface area contributed by atoms with Crippen molar-refractivity contribution in [3.63, 3.8) is 0 Å². The number of amides is 2. The van der Waals surface area contributed by atoms with Crippen molar-refractivity contribution in [2.75, 3.05) is 11.9 Å². The molecular formula is C16H20N2O4S. The lowest BCUT2D eigenvalue weighted by atomic mass is 9.92. The fourth-order valence-electron chi connectivity index (χ4n) is 1.66. The first-order valence-corrected chi connectivity index (χ1v) is 8.06. The molecule has 0 aromatic carbocycles. The molecule has 2 rings (SSSR count). The largest absolute Gasteiger partial charge is 0.459 e. The van der Waals surface area contributed by atoms with Crippen LogP contribution in [0.4, 0.5) is 5.00 Å².